The number of amides is 2. The lowest BCUT2D eigenvalue weighted by Gasteiger charge is -2.33. The van der Waals surface area contributed by atoms with Crippen molar-refractivity contribution in [2.45, 2.75) is 51.0 Å². The van der Waals surface area contributed by atoms with Crippen molar-refractivity contribution in [3.63, 3.8) is 0 Å². The average molecular weight is 351 g/mol. The van der Waals surface area contributed by atoms with Gasteiger partial charge in [0.1, 0.15) is 6.61 Å². The molecule has 140 valence electrons. The van der Waals surface area contributed by atoms with Crippen LogP contribution in [0.15, 0.2) is 0 Å². The Morgan fingerprint density at radius 2 is 2.04 bits per heavy atom. The van der Waals surface area contributed by atoms with Crippen LogP contribution in [0.3, 0.4) is 0 Å². The van der Waals surface area contributed by atoms with E-state index in [2.05, 4.69) is 10.6 Å². The van der Waals surface area contributed by atoms with E-state index < -0.39 is 0 Å². The smallest absolute Gasteiger partial charge is 0.308 e. The molecular formula is C18H29N3O4. The van der Waals surface area contributed by atoms with Crippen molar-refractivity contribution in [1.29, 1.82) is 0 Å². The Labute approximate surface area is 148 Å². The van der Waals surface area contributed by atoms with Crippen molar-refractivity contribution in [3.8, 4) is 0 Å². The van der Waals surface area contributed by atoms with Crippen molar-refractivity contribution in [2.75, 3.05) is 32.8 Å². The summed E-state index contributed by atoms with van der Waals surface area (Å²) in [5.74, 6) is 0.333. The molecule has 2 N–H and O–H groups in total. The molecular weight excluding hydrogens is 322 g/mol. The van der Waals surface area contributed by atoms with Gasteiger partial charge in [-0.3, -0.25) is 14.4 Å². The minimum atomic E-state index is -0.260. The molecule has 2 atom stereocenters. The number of piperidine rings is 2. The molecule has 1 unspecified atom stereocenters. The van der Waals surface area contributed by atoms with E-state index in [1.807, 2.05) is 4.90 Å². The first kappa shape index (κ1) is 18.2. The number of carbonyl (C=O) groups excluding carboxylic acids is 3. The van der Waals surface area contributed by atoms with E-state index in [1.54, 1.807) is 0 Å². The van der Waals surface area contributed by atoms with Crippen molar-refractivity contribution >= 4 is 17.8 Å². The summed E-state index contributed by atoms with van der Waals surface area (Å²) in [5, 5.41) is 6.24. The van der Waals surface area contributed by atoms with Crippen molar-refractivity contribution in [2.24, 2.45) is 11.8 Å². The van der Waals surface area contributed by atoms with Gasteiger partial charge in [-0.2, -0.15) is 0 Å². The first-order valence-electron chi connectivity index (χ1n) is 9.56. The van der Waals surface area contributed by atoms with Gasteiger partial charge in [-0.15, -0.1) is 0 Å². The molecule has 3 saturated heterocycles. The molecule has 2 amide bonds. The van der Waals surface area contributed by atoms with Crippen LogP contribution in [0.25, 0.3) is 0 Å². The topological polar surface area (TPSA) is 87.7 Å². The van der Waals surface area contributed by atoms with Gasteiger partial charge in [0.25, 0.3) is 0 Å². The second-order valence-electron chi connectivity index (χ2n) is 7.50. The summed E-state index contributed by atoms with van der Waals surface area (Å²) in [6.45, 7) is 3.62. The number of nitrogens with zero attached hydrogens (tertiary/aromatic N) is 1. The Kier molecular flexibility index (Phi) is 6.29. The standard InChI is InChI=1S/C18H29N3O4/c22-16(4-3-13-5-7-19-8-6-13)21-9-1-2-14(11-21)18(24)20-15-10-17(23)25-12-15/h13-15,19H,1-12H2,(H,20,24)/t14?,15-/m0/s1. The summed E-state index contributed by atoms with van der Waals surface area (Å²) in [6.07, 6.45) is 5.75. The molecule has 0 aromatic heterocycles. The number of nitrogens with one attached hydrogen (secondary N) is 2. The summed E-state index contributed by atoms with van der Waals surface area (Å²) in [6, 6.07) is -0.217. The van der Waals surface area contributed by atoms with Crippen molar-refractivity contribution in [1.82, 2.24) is 15.5 Å². The summed E-state index contributed by atoms with van der Waals surface area (Å²) < 4.78 is 4.88. The van der Waals surface area contributed by atoms with Gasteiger partial charge in [-0.1, -0.05) is 0 Å². The van der Waals surface area contributed by atoms with Crippen LogP contribution in [0, 0.1) is 11.8 Å². The third-order valence-electron chi connectivity index (χ3n) is 5.58. The number of likely N-dealkylation sites (tertiary alicyclic amines) is 1. The highest BCUT2D eigenvalue weighted by molar-refractivity contribution is 5.82. The number of ether oxygens (including phenoxy) is 1. The SMILES string of the molecule is O=C1C[C@H](NC(=O)C2CCCN(C(=O)CCC3CCNCC3)C2)CO1. The van der Waals surface area contributed by atoms with Gasteiger partial charge in [-0.25, -0.2) is 0 Å². The Morgan fingerprint density at radius 1 is 1.24 bits per heavy atom. The van der Waals surface area contributed by atoms with Crippen LogP contribution in [0.5, 0.6) is 0 Å². The van der Waals surface area contributed by atoms with Crippen LogP contribution in [-0.2, 0) is 19.1 Å². The molecule has 0 bridgehead atoms. The molecule has 0 aromatic carbocycles. The lowest BCUT2D eigenvalue weighted by atomic mass is 9.92. The summed E-state index contributed by atoms with van der Waals surface area (Å²) in [7, 11) is 0. The number of hydrogen-bond acceptors (Lipinski definition) is 5. The number of hydrogen-bond donors (Lipinski definition) is 2. The minimum Gasteiger partial charge on any atom is -0.463 e. The third kappa shape index (κ3) is 5.17. The van der Waals surface area contributed by atoms with E-state index in [9.17, 15) is 14.4 Å². The van der Waals surface area contributed by atoms with Gasteiger partial charge in [0, 0.05) is 19.5 Å². The second-order valence-corrected chi connectivity index (χ2v) is 7.50. The van der Waals surface area contributed by atoms with Gasteiger partial charge < -0.3 is 20.3 Å². The Morgan fingerprint density at radius 3 is 2.76 bits per heavy atom. The van der Waals surface area contributed by atoms with Crippen molar-refractivity contribution in [3.05, 3.63) is 0 Å². The van der Waals surface area contributed by atoms with Gasteiger partial charge in [0.05, 0.1) is 18.4 Å². The third-order valence-corrected chi connectivity index (χ3v) is 5.58. The predicted molar refractivity (Wildman–Crippen MR) is 91.6 cm³/mol. The molecule has 25 heavy (non-hydrogen) atoms. The lowest BCUT2D eigenvalue weighted by Crippen LogP contribution is -2.47. The molecule has 0 aromatic rings. The molecule has 0 spiro atoms. The van der Waals surface area contributed by atoms with E-state index in [-0.39, 0.29) is 42.8 Å². The maximum atomic E-state index is 12.5. The number of carbonyl (C=O) groups is 3. The molecule has 0 radical (unpaired) electrons. The number of esters is 1. The number of rotatable bonds is 5. The lowest BCUT2D eigenvalue weighted by molar-refractivity contribution is -0.138. The average Bonchev–Trinajstić information content (AvgIpc) is 3.05. The number of cyclic esters (lactones) is 1. The van der Waals surface area contributed by atoms with Crippen LogP contribution in [0.2, 0.25) is 0 Å². The van der Waals surface area contributed by atoms with E-state index >= 15 is 0 Å². The maximum absolute atomic E-state index is 12.5. The van der Waals surface area contributed by atoms with Crippen LogP contribution in [0.1, 0.15) is 44.9 Å². The highest BCUT2D eigenvalue weighted by atomic mass is 16.5. The minimum absolute atomic E-state index is 0.0563. The van der Waals surface area contributed by atoms with Gasteiger partial charge >= 0.3 is 5.97 Å². The molecule has 7 nitrogen and oxygen atoms in total. The Hall–Kier alpha value is -1.63. The monoisotopic (exact) mass is 351 g/mol. The predicted octanol–water partition coefficient (Wildman–Crippen LogP) is 0.437. The maximum Gasteiger partial charge on any atom is 0.308 e. The summed E-state index contributed by atoms with van der Waals surface area (Å²) in [4.78, 5) is 37.9. The molecule has 3 aliphatic heterocycles. The molecule has 3 fully saturated rings. The van der Waals surface area contributed by atoms with Crippen LogP contribution >= 0.6 is 0 Å². The van der Waals surface area contributed by atoms with E-state index in [4.69, 9.17) is 4.74 Å². The Balaban J connectivity index is 1.42. The Bertz CT molecular complexity index is 505. The zero-order valence-electron chi connectivity index (χ0n) is 14.8. The van der Waals surface area contributed by atoms with Crippen LogP contribution < -0.4 is 10.6 Å². The highest BCUT2D eigenvalue weighted by Gasteiger charge is 2.32. The van der Waals surface area contributed by atoms with Crippen LogP contribution in [-0.4, -0.2) is 61.5 Å². The fraction of sp³-hybridized carbons (Fsp3) is 0.833. The van der Waals surface area contributed by atoms with E-state index in [1.165, 1.54) is 0 Å². The zero-order chi connectivity index (χ0) is 17.6. The quantitative estimate of drug-likeness (QED) is 0.702. The highest BCUT2D eigenvalue weighted by Crippen LogP contribution is 2.22. The van der Waals surface area contributed by atoms with Gasteiger partial charge in [-0.05, 0) is 51.1 Å². The fourth-order valence-electron chi connectivity index (χ4n) is 4.00. The molecule has 0 saturated carbocycles. The van der Waals surface area contributed by atoms with E-state index in [0.717, 1.165) is 51.7 Å². The van der Waals surface area contributed by atoms with Gasteiger partial charge in [0.2, 0.25) is 11.8 Å². The second kappa shape index (κ2) is 8.65. The molecule has 3 heterocycles. The first-order chi connectivity index (χ1) is 12.1. The molecule has 7 heteroatoms. The largest absolute Gasteiger partial charge is 0.463 e. The molecule has 3 aliphatic rings. The molecule has 3 rings (SSSR count). The van der Waals surface area contributed by atoms with Gasteiger partial charge in [0.15, 0.2) is 0 Å². The van der Waals surface area contributed by atoms with Crippen LogP contribution in [0.4, 0.5) is 0 Å². The van der Waals surface area contributed by atoms with E-state index in [0.29, 0.717) is 18.9 Å². The summed E-state index contributed by atoms with van der Waals surface area (Å²) in [5.41, 5.74) is 0. The zero-order valence-corrected chi connectivity index (χ0v) is 14.8. The van der Waals surface area contributed by atoms with Crippen molar-refractivity contribution < 1.29 is 19.1 Å². The molecule has 0 aliphatic carbocycles. The normalized spacial score (nSPS) is 27.8. The summed E-state index contributed by atoms with van der Waals surface area (Å²) >= 11 is 0. The first-order valence-corrected chi connectivity index (χ1v) is 9.56. The fourth-order valence-corrected chi connectivity index (χ4v) is 4.00.